The van der Waals surface area contributed by atoms with E-state index in [4.69, 9.17) is 28.5 Å². The van der Waals surface area contributed by atoms with Crippen LogP contribution in [0.4, 0.5) is 10.8 Å². The number of hydrogen-bond acceptors (Lipinski definition) is 4. The van der Waals surface area contributed by atoms with E-state index in [1.54, 1.807) is 18.2 Å². The first-order valence-corrected chi connectivity index (χ1v) is 7.26. The molecular formula is C14H7Cl2N3S. The van der Waals surface area contributed by atoms with Crippen LogP contribution in [0, 0.1) is 11.3 Å². The summed E-state index contributed by atoms with van der Waals surface area (Å²) in [4.78, 5) is 4.46. The second-order valence-corrected chi connectivity index (χ2v) is 5.85. The molecule has 6 heteroatoms. The number of benzene rings is 2. The summed E-state index contributed by atoms with van der Waals surface area (Å²) in [7, 11) is 0. The lowest BCUT2D eigenvalue weighted by Crippen LogP contribution is -1.89. The Morgan fingerprint density at radius 2 is 2.00 bits per heavy atom. The summed E-state index contributed by atoms with van der Waals surface area (Å²) in [6.07, 6.45) is 0. The van der Waals surface area contributed by atoms with Crippen LogP contribution in [0.1, 0.15) is 5.56 Å². The van der Waals surface area contributed by atoms with Crippen molar-refractivity contribution >= 4 is 55.6 Å². The number of nitrogens with one attached hydrogen (secondary N) is 1. The molecule has 0 aliphatic heterocycles. The van der Waals surface area contributed by atoms with Crippen LogP contribution in [0.5, 0.6) is 0 Å². The Balaban J connectivity index is 1.95. The Kier molecular flexibility index (Phi) is 3.49. The van der Waals surface area contributed by atoms with Gasteiger partial charge in [-0.1, -0.05) is 40.6 Å². The molecule has 0 aliphatic rings. The minimum Gasteiger partial charge on any atom is -0.331 e. The molecule has 0 aliphatic carbocycles. The van der Waals surface area contributed by atoms with Crippen molar-refractivity contribution in [2.45, 2.75) is 0 Å². The zero-order chi connectivity index (χ0) is 14.1. The summed E-state index contributed by atoms with van der Waals surface area (Å²) >= 11 is 13.6. The van der Waals surface area contributed by atoms with Gasteiger partial charge in [0.15, 0.2) is 5.13 Å². The zero-order valence-corrected chi connectivity index (χ0v) is 12.4. The molecule has 1 heterocycles. The smallest absolute Gasteiger partial charge is 0.188 e. The summed E-state index contributed by atoms with van der Waals surface area (Å²) in [5.74, 6) is 0. The fraction of sp³-hybridized carbons (Fsp3) is 0. The van der Waals surface area contributed by atoms with Gasteiger partial charge in [-0.25, -0.2) is 4.98 Å². The summed E-state index contributed by atoms with van der Waals surface area (Å²) in [6, 6.07) is 12.8. The fourth-order valence-corrected chi connectivity index (χ4v) is 3.17. The van der Waals surface area contributed by atoms with Crippen molar-refractivity contribution in [2.24, 2.45) is 0 Å². The van der Waals surface area contributed by atoms with E-state index >= 15 is 0 Å². The standard InChI is InChI=1S/C14H7Cl2N3S/c15-10-2-1-3-12-13(10)20-14(19-12)18-9-5-4-8(7-17)11(16)6-9/h1-6H,(H,18,19). The van der Waals surface area contributed by atoms with Gasteiger partial charge in [-0.15, -0.1) is 0 Å². The first kappa shape index (κ1) is 13.2. The molecule has 98 valence electrons. The summed E-state index contributed by atoms with van der Waals surface area (Å²) in [5.41, 5.74) is 2.08. The van der Waals surface area contributed by atoms with E-state index in [-0.39, 0.29) is 0 Å². The monoisotopic (exact) mass is 319 g/mol. The maximum absolute atomic E-state index is 8.85. The van der Waals surface area contributed by atoms with Crippen LogP contribution >= 0.6 is 34.5 Å². The van der Waals surface area contributed by atoms with Gasteiger partial charge in [0.1, 0.15) is 6.07 Å². The zero-order valence-electron chi connectivity index (χ0n) is 10.0. The Hall–Kier alpha value is -1.80. The van der Waals surface area contributed by atoms with Crippen molar-refractivity contribution in [3.63, 3.8) is 0 Å². The lowest BCUT2D eigenvalue weighted by atomic mass is 10.2. The Morgan fingerprint density at radius 1 is 1.15 bits per heavy atom. The SMILES string of the molecule is N#Cc1ccc(Nc2nc3cccc(Cl)c3s2)cc1Cl. The number of rotatable bonds is 2. The van der Waals surface area contributed by atoms with Crippen LogP contribution in [0.25, 0.3) is 10.2 Å². The third kappa shape index (κ3) is 2.44. The molecule has 3 nitrogen and oxygen atoms in total. The van der Waals surface area contributed by atoms with Crippen molar-refractivity contribution in [1.29, 1.82) is 5.26 Å². The molecule has 20 heavy (non-hydrogen) atoms. The summed E-state index contributed by atoms with van der Waals surface area (Å²) in [5, 5.41) is 13.8. The van der Waals surface area contributed by atoms with E-state index in [9.17, 15) is 0 Å². The van der Waals surface area contributed by atoms with E-state index < -0.39 is 0 Å². The van der Waals surface area contributed by atoms with Crippen molar-refractivity contribution in [2.75, 3.05) is 5.32 Å². The number of halogens is 2. The van der Waals surface area contributed by atoms with Gasteiger partial charge in [-0.05, 0) is 30.3 Å². The van der Waals surface area contributed by atoms with Gasteiger partial charge in [-0.2, -0.15) is 5.26 Å². The van der Waals surface area contributed by atoms with Gasteiger partial charge < -0.3 is 5.32 Å². The normalized spacial score (nSPS) is 10.4. The predicted molar refractivity (Wildman–Crippen MR) is 84.1 cm³/mol. The van der Waals surface area contributed by atoms with E-state index in [0.717, 1.165) is 21.0 Å². The molecule has 0 radical (unpaired) electrons. The van der Waals surface area contributed by atoms with Crippen LogP contribution in [-0.2, 0) is 0 Å². The molecule has 0 fully saturated rings. The van der Waals surface area contributed by atoms with Crippen molar-refractivity contribution in [3.8, 4) is 6.07 Å². The second kappa shape index (κ2) is 5.29. The molecule has 3 rings (SSSR count). The maximum Gasteiger partial charge on any atom is 0.188 e. The number of nitrogens with zero attached hydrogens (tertiary/aromatic N) is 2. The van der Waals surface area contributed by atoms with Crippen LogP contribution in [0.2, 0.25) is 10.0 Å². The van der Waals surface area contributed by atoms with Crippen molar-refractivity contribution < 1.29 is 0 Å². The largest absolute Gasteiger partial charge is 0.331 e. The molecule has 0 amide bonds. The molecule has 0 spiro atoms. The van der Waals surface area contributed by atoms with Crippen LogP contribution < -0.4 is 5.32 Å². The number of hydrogen-bond donors (Lipinski definition) is 1. The highest BCUT2D eigenvalue weighted by Gasteiger charge is 2.08. The van der Waals surface area contributed by atoms with Gasteiger partial charge in [-0.3, -0.25) is 0 Å². The van der Waals surface area contributed by atoms with E-state index in [1.807, 2.05) is 24.3 Å². The van der Waals surface area contributed by atoms with Crippen LogP contribution in [0.3, 0.4) is 0 Å². The Labute approximate surface area is 129 Å². The minimum absolute atomic E-state index is 0.414. The summed E-state index contributed by atoms with van der Waals surface area (Å²) in [6.45, 7) is 0. The highest BCUT2D eigenvalue weighted by atomic mass is 35.5. The van der Waals surface area contributed by atoms with Gasteiger partial charge >= 0.3 is 0 Å². The molecule has 2 aromatic carbocycles. The van der Waals surface area contributed by atoms with Crippen LogP contribution in [-0.4, -0.2) is 4.98 Å². The first-order valence-electron chi connectivity index (χ1n) is 5.69. The Morgan fingerprint density at radius 3 is 2.70 bits per heavy atom. The van der Waals surface area contributed by atoms with Crippen LogP contribution in [0.15, 0.2) is 36.4 Å². The van der Waals surface area contributed by atoms with Gasteiger partial charge in [0.2, 0.25) is 0 Å². The quantitative estimate of drug-likeness (QED) is 0.704. The number of fused-ring (bicyclic) bond motifs is 1. The molecule has 1 N–H and O–H groups in total. The predicted octanol–water partition coefficient (Wildman–Crippen LogP) is 5.22. The highest BCUT2D eigenvalue weighted by molar-refractivity contribution is 7.22. The minimum atomic E-state index is 0.414. The average Bonchev–Trinajstić information content (AvgIpc) is 2.83. The molecular weight excluding hydrogens is 313 g/mol. The lowest BCUT2D eigenvalue weighted by Gasteiger charge is -2.03. The Bertz CT molecular complexity index is 836. The van der Waals surface area contributed by atoms with E-state index in [2.05, 4.69) is 10.3 Å². The molecule has 0 saturated carbocycles. The molecule has 0 atom stereocenters. The molecule has 0 unspecified atom stereocenters. The van der Waals surface area contributed by atoms with Gasteiger partial charge in [0, 0.05) is 5.69 Å². The molecule has 0 bridgehead atoms. The fourth-order valence-electron chi connectivity index (χ4n) is 1.78. The van der Waals surface area contributed by atoms with E-state index in [1.165, 1.54) is 11.3 Å². The van der Waals surface area contributed by atoms with Gasteiger partial charge in [0.05, 0.1) is 25.8 Å². The van der Waals surface area contributed by atoms with Gasteiger partial charge in [0.25, 0.3) is 0 Å². The lowest BCUT2D eigenvalue weighted by molar-refractivity contribution is 1.43. The van der Waals surface area contributed by atoms with Crippen molar-refractivity contribution in [3.05, 3.63) is 52.0 Å². The molecule has 0 saturated heterocycles. The number of anilines is 2. The molecule has 3 aromatic rings. The summed E-state index contributed by atoms with van der Waals surface area (Å²) < 4.78 is 0.941. The topological polar surface area (TPSA) is 48.7 Å². The number of nitriles is 1. The number of thiazole rings is 1. The van der Waals surface area contributed by atoms with E-state index in [0.29, 0.717) is 15.6 Å². The highest BCUT2D eigenvalue weighted by Crippen LogP contribution is 2.33. The number of aromatic nitrogens is 1. The average molecular weight is 320 g/mol. The third-order valence-electron chi connectivity index (χ3n) is 2.71. The first-order chi connectivity index (χ1) is 9.67. The third-order valence-corrected chi connectivity index (χ3v) is 4.47. The van der Waals surface area contributed by atoms with Crippen molar-refractivity contribution in [1.82, 2.24) is 4.98 Å². The second-order valence-electron chi connectivity index (χ2n) is 4.04. The maximum atomic E-state index is 8.85. The molecule has 1 aromatic heterocycles.